The number of methoxy groups -OCH3 is 1. The van der Waals surface area contributed by atoms with E-state index in [1.807, 2.05) is 37.3 Å². The number of aldehydes is 1. The van der Waals surface area contributed by atoms with Crippen molar-refractivity contribution in [2.75, 3.05) is 18.6 Å². The zero-order valence-electron chi connectivity index (χ0n) is 15.9. The maximum absolute atomic E-state index is 13.2. The lowest BCUT2D eigenvalue weighted by Gasteiger charge is -2.27. The Hall–Kier alpha value is -3.48. The third kappa shape index (κ3) is 5.77. The van der Waals surface area contributed by atoms with Crippen molar-refractivity contribution in [1.82, 2.24) is 5.32 Å². The molecule has 28 heavy (non-hydrogen) atoms. The molecule has 0 saturated heterocycles. The molecule has 1 unspecified atom stereocenters. The first-order valence-electron chi connectivity index (χ1n) is 8.86. The lowest BCUT2D eigenvalue weighted by Crippen LogP contribution is -2.49. The minimum atomic E-state index is -0.833. The van der Waals surface area contributed by atoms with Crippen LogP contribution in [0.2, 0.25) is 0 Å². The van der Waals surface area contributed by atoms with Crippen molar-refractivity contribution in [3.63, 3.8) is 0 Å². The number of nitrogens with zero attached hydrogens (tertiary/aromatic N) is 2. The summed E-state index contributed by atoms with van der Waals surface area (Å²) >= 11 is 0. The van der Waals surface area contributed by atoms with Crippen LogP contribution in [0.15, 0.2) is 59.6 Å². The molecule has 0 heterocycles. The molecular formula is C21H23N3O4. The fourth-order valence-electron chi connectivity index (χ4n) is 2.75. The highest BCUT2D eigenvalue weighted by molar-refractivity contribution is 6.16. The molecule has 0 aromatic heterocycles. The van der Waals surface area contributed by atoms with Crippen LogP contribution < -0.4 is 15.0 Å². The standard InChI is InChI=1S/C21H23N3O4/c1-3-24(17-9-11-18(28-2)12-10-17)20(26)19(23-21(27)22-13-14-25)15-16-7-5-4-6-8-16/h4-14,19H,3,15H2,1-2H3,(H,23,27). The van der Waals surface area contributed by atoms with E-state index < -0.39 is 12.1 Å². The number of aliphatic imine (C=N–C) groups is 1. The molecule has 0 radical (unpaired) electrons. The molecule has 0 aliphatic rings. The van der Waals surface area contributed by atoms with Gasteiger partial charge in [-0.3, -0.25) is 9.59 Å². The largest absolute Gasteiger partial charge is 0.497 e. The Morgan fingerprint density at radius 2 is 1.82 bits per heavy atom. The molecule has 1 N–H and O–H groups in total. The first-order valence-corrected chi connectivity index (χ1v) is 8.86. The minimum Gasteiger partial charge on any atom is -0.497 e. The molecule has 146 valence electrons. The molecule has 3 amide bonds. The van der Waals surface area contributed by atoms with Crippen LogP contribution in [0.4, 0.5) is 10.5 Å². The van der Waals surface area contributed by atoms with E-state index in [9.17, 15) is 14.4 Å². The number of urea groups is 1. The van der Waals surface area contributed by atoms with E-state index in [0.29, 0.717) is 30.7 Å². The summed E-state index contributed by atoms with van der Waals surface area (Å²) in [6.45, 7) is 2.28. The van der Waals surface area contributed by atoms with Gasteiger partial charge in [0.25, 0.3) is 0 Å². The summed E-state index contributed by atoms with van der Waals surface area (Å²) in [5, 5.41) is 2.60. The Labute approximate surface area is 164 Å². The van der Waals surface area contributed by atoms with Crippen LogP contribution in [-0.4, -0.2) is 44.1 Å². The smallest absolute Gasteiger partial charge is 0.341 e. The van der Waals surface area contributed by atoms with Gasteiger partial charge in [0, 0.05) is 18.7 Å². The van der Waals surface area contributed by atoms with Gasteiger partial charge in [-0.25, -0.2) is 4.79 Å². The summed E-state index contributed by atoms with van der Waals surface area (Å²) in [7, 11) is 1.57. The van der Waals surface area contributed by atoms with Crippen molar-refractivity contribution in [3.05, 3.63) is 60.2 Å². The summed E-state index contributed by atoms with van der Waals surface area (Å²) in [6, 6.07) is 14.9. The number of rotatable bonds is 8. The van der Waals surface area contributed by atoms with E-state index in [4.69, 9.17) is 4.74 Å². The topological polar surface area (TPSA) is 88.1 Å². The average Bonchev–Trinajstić information content (AvgIpc) is 2.73. The van der Waals surface area contributed by atoms with Crippen LogP contribution >= 0.6 is 0 Å². The van der Waals surface area contributed by atoms with Gasteiger partial charge in [-0.05, 0) is 36.8 Å². The molecule has 0 saturated carbocycles. The molecule has 0 aliphatic carbocycles. The number of carbonyl (C=O) groups is 3. The number of hydrogen-bond donors (Lipinski definition) is 1. The summed E-state index contributed by atoms with van der Waals surface area (Å²) in [5.74, 6) is 0.413. The van der Waals surface area contributed by atoms with Gasteiger partial charge in [-0.15, -0.1) is 0 Å². The predicted octanol–water partition coefficient (Wildman–Crippen LogP) is 2.64. The molecule has 1 atom stereocenters. The molecule has 2 aromatic carbocycles. The van der Waals surface area contributed by atoms with Crippen molar-refractivity contribution < 1.29 is 19.1 Å². The van der Waals surface area contributed by atoms with E-state index in [1.54, 1.807) is 36.3 Å². The zero-order chi connectivity index (χ0) is 20.4. The van der Waals surface area contributed by atoms with E-state index in [1.165, 1.54) is 0 Å². The molecule has 2 aromatic rings. The average molecular weight is 381 g/mol. The van der Waals surface area contributed by atoms with Crippen LogP contribution in [0.25, 0.3) is 0 Å². The summed E-state index contributed by atoms with van der Waals surface area (Å²) in [6.07, 6.45) is 1.55. The van der Waals surface area contributed by atoms with Crippen LogP contribution in [-0.2, 0) is 16.0 Å². The number of anilines is 1. The quantitative estimate of drug-likeness (QED) is 0.562. The predicted molar refractivity (Wildman–Crippen MR) is 108 cm³/mol. The lowest BCUT2D eigenvalue weighted by atomic mass is 10.0. The second-order valence-electron chi connectivity index (χ2n) is 5.89. The van der Waals surface area contributed by atoms with Gasteiger partial charge in [0.1, 0.15) is 11.8 Å². The fraction of sp³-hybridized carbons (Fsp3) is 0.238. The first kappa shape index (κ1) is 20.8. The maximum atomic E-state index is 13.2. The third-order valence-electron chi connectivity index (χ3n) is 4.10. The molecule has 7 heteroatoms. The summed E-state index contributed by atoms with van der Waals surface area (Å²) in [5.41, 5.74) is 1.59. The normalized spacial score (nSPS) is 11.6. The Morgan fingerprint density at radius 1 is 1.14 bits per heavy atom. The number of likely N-dealkylation sites (N-methyl/N-ethyl adjacent to an activating group) is 1. The van der Waals surface area contributed by atoms with Crippen LogP contribution in [0.5, 0.6) is 5.75 Å². The zero-order valence-corrected chi connectivity index (χ0v) is 15.9. The number of benzene rings is 2. The maximum Gasteiger partial charge on any atom is 0.341 e. The minimum absolute atomic E-state index is 0.272. The highest BCUT2D eigenvalue weighted by atomic mass is 16.5. The van der Waals surface area contributed by atoms with Crippen LogP contribution in [0, 0.1) is 0 Å². The fourth-order valence-corrected chi connectivity index (χ4v) is 2.75. The molecular weight excluding hydrogens is 358 g/mol. The van der Waals surface area contributed by atoms with Gasteiger partial charge in [0.2, 0.25) is 5.91 Å². The molecule has 0 fully saturated rings. The highest BCUT2D eigenvalue weighted by Gasteiger charge is 2.26. The van der Waals surface area contributed by atoms with E-state index in [-0.39, 0.29) is 5.91 Å². The van der Waals surface area contributed by atoms with Crippen LogP contribution in [0.3, 0.4) is 0 Å². The number of ether oxygens (including phenoxy) is 1. The highest BCUT2D eigenvalue weighted by Crippen LogP contribution is 2.20. The van der Waals surface area contributed by atoms with Gasteiger partial charge < -0.3 is 15.0 Å². The second-order valence-corrected chi connectivity index (χ2v) is 5.89. The number of nitrogens with one attached hydrogen (secondary N) is 1. The van der Waals surface area contributed by atoms with Crippen molar-refractivity contribution in [2.24, 2.45) is 4.99 Å². The van der Waals surface area contributed by atoms with Crippen molar-refractivity contribution in [3.8, 4) is 5.75 Å². The first-order chi connectivity index (χ1) is 13.6. The van der Waals surface area contributed by atoms with Crippen LogP contribution in [0.1, 0.15) is 12.5 Å². The summed E-state index contributed by atoms with van der Waals surface area (Å²) < 4.78 is 5.15. The van der Waals surface area contributed by atoms with E-state index in [2.05, 4.69) is 10.3 Å². The number of hydrogen-bond acceptors (Lipinski definition) is 4. The summed E-state index contributed by atoms with van der Waals surface area (Å²) in [4.78, 5) is 40.6. The van der Waals surface area contributed by atoms with Gasteiger partial charge >= 0.3 is 6.03 Å². The Morgan fingerprint density at radius 3 is 2.39 bits per heavy atom. The second kappa shape index (κ2) is 10.6. The molecule has 7 nitrogen and oxygen atoms in total. The Kier molecular flexibility index (Phi) is 7.90. The van der Waals surface area contributed by atoms with Gasteiger partial charge in [-0.2, -0.15) is 4.99 Å². The molecule has 2 rings (SSSR count). The SMILES string of the molecule is CCN(C(=O)C(Cc1ccccc1)NC(=O)N=CC=O)c1ccc(OC)cc1. The van der Waals surface area contributed by atoms with Gasteiger partial charge in [-0.1, -0.05) is 30.3 Å². The lowest BCUT2D eigenvalue weighted by molar-refractivity contribution is -0.120. The van der Waals surface area contributed by atoms with E-state index >= 15 is 0 Å². The monoisotopic (exact) mass is 381 g/mol. The third-order valence-corrected chi connectivity index (χ3v) is 4.10. The van der Waals surface area contributed by atoms with E-state index in [0.717, 1.165) is 11.8 Å². The van der Waals surface area contributed by atoms with Crippen molar-refractivity contribution in [2.45, 2.75) is 19.4 Å². The molecule has 0 aliphatic heterocycles. The molecule has 0 bridgehead atoms. The number of carbonyl (C=O) groups excluding carboxylic acids is 3. The number of amides is 3. The Balaban J connectivity index is 2.26. The Bertz CT molecular complexity index is 819. The van der Waals surface area contributed by atoms with Gasteiger partial charge in [0.05, 0.1) is 13.3 Å². The van der Waals surface area contributed by atoms with Crippen molar-refractivity contribution in [1.29, 1.82) is 0 Å². The molecule has 0 spiro atoms. The van der Waals surface area contributed by atoms with Gasteiger partial charge in [0.15, 0.2) is 6.29 Å². The van der Waals surface area contributed by atoms with Crippen molar-refractivity contribution >= 4 is 30.1 Å².